The lowest BCUT2D eigenvalue weighted by atomic mass is 10.0. The first-order chi connectivity index (χ1) is 17.6. The summed E-state index contributed by atoms with van der Waals surface area (Å²) in [7, 11) is 4.03. The zero-order valence-corrected chi connectivity index (χ0v) is 25.2. The molecule has 1 fully saturated rings. The maximum absolute atomic E-state index is 12.3. The molecule has 0 aromatic heterocycles. The van der Waals surface area contributed by atoms with E-state index in [2.05, 4.69) is 18.7 Å². The van der Waals surface area contributed by atoms with Gasteiger partial charge in [-0.05, 0) is 58.0 Å². The van der Waals surface area contributed by atoms with Crippen molar-refractivity contribution in [1.82, 2.24) is 4.90 Å². The maximum Gasteiger partial charge on any atom is 0.307 e. The molecule has 3 heteroatoms. The highest BCUT2D eigenvalue weighted by Crippen LogP contribution is 2.45. The SMILES string of the molecule is CCCCCCCCCC(CCCCCCCC1CC1CCCCCCCC)OC(=O)CCN(C)C. The first kappa shape index (κ1) is 33.5. The molecule has 0 bridgehead atoms. The van der Waals surface area contributed by atoms with Crippen LogP contribution in [0.15, 0.2) is 0 Å². The molecule has 0 amide bonds. The van der Waals surface area contributed by atoms with E-state index in [0.29, 0.717) is 6.42 Å². The van der Waals surface area contributed by atoms with Crippen LogP contribution in [0.1, 0.15) is 168 Å². The van der Waals surface area contributed by atoms with Crippen molar-refractivity contribution in [3.8, 4) is 0 Å². The summed E-state index contributed by atoms with van der Waals surface area (Å²) in [6.07, 6.45) is 31.9. The van der Waals surface area contributed by atoms with Crippen molar-refractivity contribution >= 4 is 5.97 Å². The monoisotopic (exact) mass is 508 g/mol. The molecule has 0 aromatic carbocycles. The van der Waals surface area contributed by atoms with Crippen LogP contribution in [0, 0.1) is 11.8 Å². The maximum atomic E-state index is 12.3. The first-order valence-electron chi connectivity index (χ1n) is 16.4. The summed E-state index contributed by atoms with van der Waals surface area (Å²) in [5.41, 5.74) is 0. The summed E-state index contributed by atoms with van der Waals surface area (Å²) in [4.78, 5) is 14.4. The number of carbonyl (C=O) groups excluding carboxylic acids is 1. The fourth-order valence-electron chi connectivity index (χ4n) is 5.66. The molecule has 0 spiro atoms. The summed E-state index contributed by atoms with van der Waals surface area (Å²) in [5, 5.41) is 0. The van der Waals surface area contributed by atoms with Gasteiger partial charge in [0.2, 0.25) is 0 Å². The molecule has 0 radical (unpaired) electrons. The van der Waals surface area contributed by atoms with Gasteiger partial charge in [0, 0.05) is 6.54 Å². The summed E-state index contributed by atoms with van der Waals surface area (Å²) in [6.45, 7) is 5.36. The molecule has 0 N–H and O–H groups in total. The van der Waals surface area contributed by atoms with Crippen molar-refractivity contribution < 1.29 is 9.53 Å². The fraction of sp³-hybridized carbons (Fsp3) is 0.970. The van der Waals surface area contributed by atoms with Crippen molar-refractivity contribution in [2.45, 2.75) is 174 Å². The van der Waals surface area contributed by atoms with Crippen LogP contribution in [0.5, 0.6) is 0 Å². The molecule has 36 heavy (non-hydrogen) atoms. The Morgan fingerprint density at radius 3 is 1.53 bits per heavy atom. The van der Waals surface area contributed by atoms with Crippen molar-refractivity contribution in [1.29, 1.82) is 0 Å². The fourth-order valence-corrected chi connectivity index (χ4v) is 5.66. The molecular formula is C33H65NO2. The van der Waals surface area contributed by atoms with Crippen molar-refractivity contribution in [3.05, 3.63) is 0 Å². The molecule has 1 aliphatic rings. The molecule has 3 atom stereocenters. The van der Waals surface area contributed by atoms with Gasteiger partial charge in [0.25, 0.3) is 0 Å². The average molecular weight is 508 g/mol. The van der Waals surface area contributed by atoms with E-state index in [9.17, 15) is 4.79 Å². The number of hydrogen-bond donors (Lipinski definition) is 0. The van der Waals surface area contributed by atoms with E-state index in [1.165, 1.54) is 135 Å². The van der Waals surface area contributed by atoms with Gasteiger partial charge in [-0.1, -0.05) is 129 Å². The normalized spacial score (nSPS) is 18.0. The number of rotatable bonds is 27. The van der Waals surface area contributed by atoms with E-state index in [1.807, 2.05) is 14.1 Å². The second-order valence-corrected chi connectivity index (χ2v) is 12.2. The molecule has 3 nitrogen and oxygen atoms in total. The Kier molecular flexibility index (Phi) is 21.9. The van der Waals surface area contributed by atoms with Crippen molar-refractivity contribution in [2.24, 2.45) is 11.8 Å². The quantitative estimate of drug-likeness (QED) is 0.0818. The minimum absolute atomic E-state index is 0.00315. The van der Waals surface area contributed by atoms with E-state index in [4.69, 9.17) is 4.74 Å². The second kappa shape index (κ2) is 23.5. The number of carbonyl (C=O) groups is 1. The Hall–Kier alpha value is -0.570. The summed E-state index contributed by atoms with van der Waals surface area (Å²) < 4.78 is 5.92. The smallest absolute Gasteiger partial charge is 0.307 e. The minimum atomic E-state index is -0.00315. The van der Waals surface area contributed by atoms with Crippen LogP contribution in [-0.2, 0) is 9.53 Å². The summed E-state index contributed by atoms with van der Waals surface area (Å²) in [6, 6.07) is 0. The van der Waals surface area contributed by atoms with Gasteiger partial charge >= 0.3 is 5.97 Å². The molecule has 0 saturated heterocycles. The van der Waals surface area contributed by atoms with E-state index in [-0.39, 0.29) is 12.1 Å². The molecule has 0 heterocycles. The Morgan fingerprint density at radius 2 is 1.08 bits per heavy atom. The van der Waals surface area contributed by atoms with E-state index in [1.54, 1.807) is 0 Å². The van der Waals surface area contributed by atoms with Gasteiger partial charge in [-0.2, -0.15) is 0 Å². The van der Waals surface area contributed by atoms with Gasteiger partial charge in [-0.15, -0.1) is 0 Å². The highest BCUT2D eigenvalue weighted by atomic mass is 16.5. The van der Waals surface area contributed by atoms with Gasteiger partial charge in [-0.3, -0.25) is 4.79 Å². The molecule has 3 unspecified atom stereocenters. The Bertz CT molecular complexity index is 492. The summed E-state index contributed by atoms with van der Waals surface area (Å²) in [5.74, 6) is 2.14. The highest BCUT2D eigenvalue weighted by molar-refractivity contribution is 5.69. The Labute approximate surface area is 226 Å². The molecule has 1 rings (SSSR count). The van der Waals surface area contributed by atoms with Crippen molar-refractivity contribution in [3.63, 3.8) is 0 Å². The third kappa shape index (κ3) is 20.5. The highest BCUT2D eigenvalue weighted by Gasteiger charge is 2.35. The van der Waals surface area contributed by atoms with E-state index < -0.39 is 0 Å². The standard InChI is InChI=1S/C33H65NO2/c1-5-7-9-11-13-17-21-25-32(36-33(35)27-28-34(3)4)26-22-18-14-16-20-24-31-29-30(31)23-19-15-12-10-8-6-2/h30-32H,5-29H2,1-4H3. The van der Waals surface area contributed by atoms with Crippen LogP contribution >= 0.6 is 0 Å². The van der Waals surface area contributed by atoms with Gasteiger partial charge in [-0.25, -0.2) is 0 Å². The topological polar surface area (TPSA) is 29.5 Å². The number of hydrogen-bond acceptors (Lipinski definition) is 3. The van der Waals surface area contributed by atoms with Gasteiger partial charge in [0.15, 0.2) is 0 Å². The number of esters is 1. The molecule has 0 aliphatic heterocycles. The number of ether oxygens (including phenoxy) is 1. The van der Waals surface area contributed by atoms with Crippen LogP contribution < -0.4 is 0 Å². The molecule has 214 valence electrons. The largest absolute Gasteiger partial charge is 0.462 e. The van der Waals surface area contributed by atoms with Gasteiger partial charge < -0.3 is 9.64 Å². The zero-order chi connectivity index (χ0) is 26.3. The zero-order valence-electron chi connectivity index (χ0n) is 25.2. The van der Waals surface area contributed by atoms with Crippen LogP contribution in [-0.4, -0.2) is 37.6 Å². The summed E-state index contributed by atoms with van der Waals surface area (Å²) >= 11 is 0. The predicted octanol–water partition coefficient (Wildman–Crippen LogP) is 10.1. The molecule has 1 saturated carbocycles. The van der Waals surface area contributed by atoms with Crippen LogP contribution in [0.4, 0.5) is 0 Å². The lowest BCUT2D eigenvalue weighted by Gasteiger charge is -2.19. The second-order valence-electron chi connectivity index (χ2n) is 12.2. The Balaban J connectivity index is 2.07. The Morgan fingerprint density at radius 1 is 0.667 bits per heavy atom. The molecular weight excluding hydrogens is 442 g/mol. The average Bonchev–Trinajstić information content (AvgIpc) is 3.61. The first-order valence-corrected chi connectivity index (χ1v) is 16.4. The number of nitrogens with zero attached hydrogens (tertiary/aromatic N) is 1. The van der Waals surface area contributed by atoms with Crippen LogP contribution in [0.3, 0.4) is 0 Å². The van der Waals surface area contributed by atoms with Crippen LogP contribution in [0.25, 0.3) is 0 Å². The van der Waals surface area contributed by atoms with Crippen LogP contribution in [0.2, 0.25) is 0 Å². The van der Waals surface area contributed by atoms with Gasteiger partial charge in [0.1, 0.15) is 6.10 Å². The molecule has 1 aliphatic carbocycles. The predicted molar refractivity (Wildman–Crippen MR) is 158 cm³/mol. The third-order valence-corrected chi connectivity index (χ3v) is 8.29. The minimum Gasteiger partial charge on any atom is -0.462 e. The van der Waals surface area contributed by atoms with E-state index >= 15 is 0 Å². The number of unbranched alkanes of at least 4 members (excludes halogenated alkanes) is 15. The lowest BCUT2D eigenvalue weighted by molar-refractivity contribution is -0.150. The van der Waals surface area contributed by atoms with Gasteiger partial charge in [0.05, 0.1) is 6.42 Å². The van der Waals surface area contributed by atoms with Crippen molar-refractivity contribution in [2.75, 3.05) is 20.6 Å². The lowest BCUT2D eigenvalue weighted by Crippen LogP contribution is -2.22. The van der Waals surface area contributed by atoms with E-state index in [0.717, 1.165) is 31.2 Å². The third-order valence-electron chi connectivity index (χ3n) is 8.29. The molecule has 0 aromatic rings.